The predicted molar refractivity (Wildman–Crippen MR) is 92.3 cm³/mol. The molecule has 1 aliphatic carbocycles. The van der Waals surface area contributed by atoms with Gasteiger partial charge in [-0.2, -0.15) is 0 Å². The number of nitrogens with two attached hydrogens (primary N) is 1. The van der Waals surface area contributed by atoms with Crippen LogP contribution < -0.4 is 5.73 Å². The molecule has 3 aliphatic rings. The summed E-state index contributed by atoms with van der Waals surface area (Å²) in [6.45, 7) is 1.18. The molecule has 1 aromatic rings. The number of imide groups is 1. The second-order valence-corrected chi connectivity index (χ2v) is 7.33. The largest absolute Gasteiger partial charge is 0.337 e. The number of benzene rings is 1. The molecule has 0 radical (unpaired) electrons. The Balaban J connectivity index is 1.60. The average molecular weight is 341 g/mol. The first-order valence-electron chi connectivity index (χ1n) is 9.13. The van der Waals surface area contributed by atoms with Gasteiger partial charge < -0.3 is 10.6 Å². The van der Waals surface area contributed by atoms with Gasteiger partial charge in [-0.05, 0) is 37.5 Å². The van der Waals surface area contributed by atoms with Crippen LogP contribution >= 0.6 is 0 Å². The third-order valence-corrected chi connectivity index (χ3v) is 5.62. The third kappa shape index (κ3) is 2.74. The Kier molecular flexibility index (Phi) is 4.07. The van der Waals surface area contributed by atoms with Crippen LogP contribution in [0.1, 0.15) is 69.6 Å². The van der Waals surface area contributed by atoms with Gasteiger partial charge >= 0.3 is 0 Å². The molecule has 2 fully saturated rings. The second kappa shape index (κ2) is 6.26. The van der Waals surface area contributed by atoms with E-state index in [2.05, 4.69) is 0 Å². The van der Waals surface area contributed by atoms with Crippen molar-refractivity contribution in [2.24, 2.45) is 5.73 Å². The molecule has 1 saturated heterocycles. The molecule has 2 N–H and O–H groups in total. The number of hydrogen-bond donors (Lipinski definition) is 1. The summed E-state index contributed by atoms with van der Waals surface area (Å²) < 4.78 is 0. The minimum Gasteiger partial charge on any atom is -0.337 e. The third-order valence-electron chi connectivity index (χ3n) is 5.62. The van der Waals surface area contributed by atoms with Crippen LogP contribution in [-0.4, -0.2) is 52.7 Å². The topological polar surface area (TPSA) is 83.7 Å². The zero-order valence-electron chi connectivity index (χ0n) is 14.2. The van der Waals surface area contributed by atoms with Crippen molar-refractivity contribution in [1.82, 2.24) is 9.80 Å². The molecule has 3 amide bonds. The van der Waals surface area contributed by atoms with Gasteiger partial charge in [0.25, 0.3) is 17.7 Å². The summed E-state index contributed by atoms with van der Waals surface area (Å²) >= 11 is 0. The van der Waals surface area contributed by atoms with Crippen LogP contribution in [0.15, 0.2) is 18.2 Å². The van der Waals surface area contributed by atoms with Gasteiger partial charge in [0.15, 0.2) is 0 Å². The molecule has 0 bridgehead atoms. The van der Waals surface area contributed by atoms with Crippen LogP contribution in [-0.2, 0) is 0 Å². The van der Waals surface area contributed by atoms with Crippen molar-refractivity contribution in [3.63, 3.8) is 0 Å². The summed E-state index contributed by atoms with van der Waals surface area (Å²) in [5.74, 6) is -0.583. The van der Waals surface area contributed by atoms with Crippen LogP contribution in [0.25, 0.3) is 0 Å². The Morgan fingerprint density at radius 2 is 1.72 bits per heavy atom. The van der Waals surface area contributed by atoms with Crippen LogP contribution in [0.4, 0.5) is 0 Å². The zero-order chi connectivity index (χ0) is 17.6. The molecule has 1 saturated carbocycles. The van der Waals surface area contributed by atoms with Gasteiger partial charge in [0.2, 0.25) is 0 Å². The number of nitrogens with zero attached hydrogens (tertiary/aromatic N) is 2. The first-order valence-corrected chi connectivity index (χ1v) is 9.13. The van der Waals surface area contributed by atoms with Gasteiger partial charge in [-0.1, -0.05) is 19.3 Å². The molecule has 2 aliphatic heterocycles. The van der Waals surface area contributed by atoms with Crippen LogP contribution in [0.3, 0.4) is 0 Å². The van der Waals surface area contributed by atoms with E-state index in [0.29, 0.717) is 29.8 Å². The number of hydrogen-bond acceptors (Lipinski definition) is 4. The summed E-state index contributed by atoms with van der Waals surface area (Å²) in [7, 11) is 0. The molecule has 0 unspecified atom stereocenters. The molecule has 1 atom stereocenters. The Morgan fingerprint density at radius 3 is 2.40 bits per heavy atom. The lowest BCUT2D eigenvalue weighted by molar-refractivity contribution is 0.0548. The average Bonchev–Trinajstić information content (AvgIpc) is 3.17. The SMILES string of the molecule is N[C@@H]1CCN(C(=O)c2ccc3c(c2)C(=O)N(C2CCCCC2)C3=O)C1. The lowest BCUT2D eigenvalue weighted by Gasteiger charge is -2.29. The fourth-order valence-corrected chi connectivity index (χ4v) is 4.22. The second-order valence-electron chi connectivity index (χ2n) is 7.33. The van der Waals surface area contributed by atoms with Crippen LogP contribution in [0.2, 0.25) is 0 Å². The van der Waals surface area contributed by atoms with Crippen LogP contribution in [0, 0.1) is 0 Å². The van der Waals surface area contributed by atoms with E-state index in [0.717, 1.165) is 38.5 Å². The van der Waals surface area contributed by atoms with E-state index >= 15 is 0 Å². The molecule has 6 nitrogen and oxygen atoms in total. The molecule has 25 heavy (non-hydrogen) atoms. The standard InChI is InChI=1S/C19H23N3O3/c20-13-8-9-21(11-13)17(23)12-6-7-15-16(10-12)19(25)22(18(15)24)14-4-2-1-3-5-14/h6-7,10,13-14H,1-5,8-9,11,20H2/t13-/m1/s1. The van der Waals surface area contributed by atoms with E-state index in [4.69, 9.17) is 5.73 Å². The maximum atomic E-state index is 12.8. The van der Waals surface area contributed by atoms with Crippen molar-refractivity contribution >= 4 is 17.7 Å². The van der Waals surface area contributed by atoms with E-state index < -0.39 is 0 Å². The number of fused-ring (bicyclic) bond motifs is 1. The highest BCUT2D eigenvalue weighted by Crippen LogP contribution is 2.31. The predicted octanol–water partition coefficient (Wildman–Crippen LogP) is 1.79. The molecular formula is C19H23N3O3. The van der Waals surface area contributed by atoms with Gasteiger partial charge in [-0.3, -0.25) is 19.3 Å². The Labute approximate surface area is 147 Å². The lowest BCUT2D eigenvalue weighted by atomic mass is 9.94. The summed E-state index contributed by atoms with van der Waals surface area (Å²) in [4.78, 5) is 41.3. The Morgan fingerprint density at radius 1 is 1.00 bits per heavy atom. The van der Waals surface area contributed by atoms with Crippen molar-refractivity contribution in [3.8, 4) is 0 Å². The van der Waals surface area contributed by atoms with Gasteiger partial charge in [-0.15, -0.1) is 0 Å². The van der Waals surface area contributed by atoms with Gasteiger partial charge in [0.05, 0.1) is 11.1 Å². The summed E-state index contributed by atoms with van der Waals surface area (Å²) in [6, 6.07) is 4.88. The minimum absolute atomic E-state index is 0.00289. The van der Waals surface area contributed by atoms with E-state index in [1.165, 1.54) is 4.90 Å². The fourth-order valence-electron chi connectivity index (χ4n) is 4.22. The number of likely N-dealkylation sites (tertiary alicyclic amines) is 1. The van der Waals surface area contributed by atoms with Gasteiger partial charge in [0.1, 0.15) is 0 Å². The van der Waals surface area contributed by atoms with Gasteiger partial charge in [-0.25, -0.2) is 0 Å². The number of amides is 3. The van der Waals surface area contributed by atoms with Crippen molar-refractivity contribution in [1.29, 1.82) is 0 Å². The van der Waals surface area contributed by atoms with Crippen molar-refractivity contribution in [2.75, 3.05) is 13.1 Å². The van der Waals surface area contributed by atoms with E-state index in [1.54, 1.807) is 23.1 Å². The molecule has 0 aromatic heterocycles. The van der Waals surface area contributed by atoms with Gasteiger partial charge in [0, 0.05) is 30.7 Å². The summed E-state index contributed by atoms with van der Waals surface area (Å²) in [5.41, 5.74) is 7.12. The number of carbonyl (C=O) groups excluding carboxylic acids is 3. The molecule has 4 rings (SSSR count). The number of carbonyl (C=O) groups is 3. The maximum Gasteiger partial charge on any atom is 0.261 e. The summed E-state index contributed by atoms with van der Waals surface area (Å²) in [5, 5.41) is 0. The minimum atomic E-state index is -0.250. The quantitative estimate of drug-likeness (QED) is 0.831. The fraction of sp³-hybridized carbons (Fsp3) is 0.526. The summed E-state index contributed by atoms with van der Waals surface area (Å²) in [6.07, 6.45) is 5.82. The monoisotopic (exact) mass is 341 g/mol. The highest BCUT2D eigenvalue weighted by molar-refractivity contribution is 6.22. The Hall–Kier alpha value is -2.21. The maximum absolute atomic E-state index is 12.8. The van der Waals surface area contributed by atoms with Crippen molar-refractivity contribution < 1.29 is 14.4 Å². The molecular weight excluding hydrogens is 318 g/mol. The first kappa shape index (κ1) is 16.3. The van der Waals surface area contributed by atoms with Crippen molar-refractivity contribution in [3.05, 3.63) is 34.9 Å². The molecule has 0 spiro atoms. The highest BCUT2D eigenvalue weighted by Gasteiger charge is 2.40. The lowest BCUT2D eigenvalue weighted by Crippen LogP contribution is -2.40. The Bertz CT molecular complexity index is 739. The normalized spacial score (nSPS) is 24.1. The molecule has 6 heteroatoms. The van der Waals surface area contributed by atoms with E-state index in [-0.39, 0.29) is 29.8 Å². The van der Waals surface area contributed by atoms with E-state index in [1.807, 2.05) is 0 Å². The first-order chi connectivity index (χ1) is 12.1. The zero-order valence-corrected chi connectivity index (χ0v) is 14.2. The smallest absolute Gasteiger partial charge is 0.261 e. The van der Waals surface area contributed by atoms with E-state index in [9.17, 15) is 14.4 Å². The van der Waals surface area contributed by atoms with Crippen LogP contribution in [0.5, 0.6) is 0 Å². The highest BCUT2D eigenvalue weighted by atomic mass is 16.2. The molecule has 1 aromatic carbocycles. The number of rotatable bonds is 2. The van der Waals surface area contributed by atoms with Crippen molar-refractivity contribution in [2.45, 2.75) is 50.6 Å². The molecule has 132 valence electrons. The molecule has 2 heterocycles.